The Kier molecular flexibility index (Phi) is 5.34. The van der Waals surface area contributed by atoms with E-state index in [9.17, 15) is 4.79 Å². The number of nitrogens with one attached hydrogen (secondary N) is 1. The molecule has 2 aromatic carbocycles. The first-order chi connectivity index (χ1) is 10.4. The summed E-state index contributed by atoms with van der Waals surface area (Å²) in [5, 5.41) is 2.97. The molecule has 0 fully saturated rings. The highest BCUT2D eigenvalue weighted by Gasteiger charge is 2.09. The van der Waals surface area contributed by atoms with E-state index in [0.29, 0.717) is 6.54 Å². The smallest absolute Gasteiger partial charge is 0.238 e. The second kappa shape index (κ2) is 7.23. The Hall–Kier alpha value is -2.13. The van der Waals surface area contributed by atoms with Crippen LogP contribution < -0.4 is 5.32 Å². The van der Waals surface area contributed by atoms with Gasteiger partial charge in [-0.3, -0.25) is 9.69 Å². The van der Waals surface area contributed by atoms with Gasteiger partial charge in [0, 0.05) is 12.2 Å². The molecule has 22 heavy (non-hydrogen) atoms. The predicted octanol–water partition coefficient (Wildman–Crippen LogP) is 3.68. The summed E-state index contributed by atoms with van der Waals surface area (Å²) in [6, 6.07) is 14.3. The van der Waals surface area contributed by atoms with E-state index in [1.807, 2.05) is 50.1 Å². The minimum atomic E-state index is 0.0149. The van der Waals surface area contributed by atoms with Crippen molar-refractivity contribution in [2.24, 2.45) is 0 Å². The largest absolute Gasteiger partial charge is 0.325 e. The number of nitrogens with zero attached hydrogens (tertiary/aromatic N) is 1. The molecule has 3 heteroatoms. The van der Waals surface area contributed by atoms with Crippen molar-refractivity contribution < 1.29 is 4.79 Å². The molecule has 116 valence electrons. The maximum Gasteiger partial charge on any atom is 0.238 e. The van der Waals surface area contributed by atoms with E-state index < -0.39 is 0 Å². The lowest BCUT2D eigenvalue weighted by Gasteiger charge is -2.18. The van der Waals surface area contributed by atoms with Crippen LogP contribution in [0.2, 0.25) is 0 Å². The third-order valence-corrected chi connectivity index (χ3v) is 3.62. The zero-order valence-electron chi connectivity index (χ0n) is 13.8. The van der Waals surface area contributed by atoms with Gasteiger partial charge in [0.1, 0.15) is 0 Å². The summed E-state index contributed by atoms with van der Waals surface area (Å²) in [6.45, 7) is 7.31. The number of anilines is 1. The molecule has 0 aliphatic carbocycles. The van der Waals surface area contributed by atoms with Gasteiger partial charge in [0.05, 0.1) is 6.54 Å². The zero-order valence-corrected chi connectivity index (χ0v) is 13.8. The number of amides is 1. The van der Waals surface area contributed by atoms with Gasteiger partial charge in [0.2, 0.25) is 5.91 Å². The Bertz CT molecular complexity index is 644. The van der Waals surface area contributed by atoms with Crippen molar-refractivity contribution in [3.63, 3.8) is 0 Å². The Morgan fingerprint density at radius 2 is 1.68 bits per heavy atom. The summed E-state index contributed by atoms with van der Waals surface area (Å²) < 4.78 is 0. The molecule has 0 aliphatic heterocycles. The van der Waals surface area contributed by atoms with Crippen molar-refractivity contribution in [1.29, 1.82) is 0 Å². The molecule has 0 radical (unpaired) electrons. The first-order valence-electron chi connectivity index (χ1n) is 7.55. The number of carbonyl (C=O) groups excluding carboxylic acids is 1. The molecule has 0 spiro atoms. The van der Waals surface area contributed by atoms with Gasteiger partial charge in [-0.25, -0.2) is 0 Å². The monoisotopic (exact) mass is 296 g/mol. The Balaban J connectivity index is 1.92. The van der Waals surface area contributed by atoms with E-state index in [4.69, 9.17) is 0 Å². The van der Waals surface area contributed by atoms with Crippen molar-refractivity contribution >= 4 is 11.6 Å². The normalized spacial score (nSPS) is 10.8. The molecular weight excluding hydrogens is 272 g/mol. The van der Waals surface area contributed by atoms with E-state index in [-0.39, 0.29) is 5.91 Å². The third kappa shape index (κ3) is 4.71. The highest BCUT2D eigenvalue weighted by molar-refractivity contribution is 5.92. The van der Waals surface area contributed by atoms with Crippen molar-refractivity contribution in [2.45, 2.75) is 27.3 Å². The number of likely N-dealkylation sites (N-methyl/N-ethyl adjacent to an activating group) is 1. The number of hydrogen-bond acceptors (Lipinski definition) is 2. The number of aryl methyl sites for hydroxylation is 3. The molecule has 0 atom stereocenters. The van der Waals surface area contributed by atoms with Crippen molar-refractivity contribution in [3.05, 3.63) is 64.7 Å². The van der Waals surface area contributed by atoms with Gasteiger partial charge in [0.15, 0.2) is 0 Å². The van der Waals surface area contributed by atoms with Crippen LogP contribution in [-0.2, 0) is 11.3 Å². The lowest BCUT2D eigenvalue weighted by Crippen LogP contribution is -2.30. The Labute approximate surface area is 133 Å². The molecule has 2 rings (SSSR count). The van der Waals surface area contributed by atoms with E-state index in [0.717, 1.165) is 23.4 Å². The molecule has 0 aliphatic rings. The second-order valence-electron chi connectivity index (χ2n) is 6.02. The van der Waals surface area contributed by atoms with Gasteiger partial charge in [-0.05, 0) is 62.2 Å². The number of hydrogen-bond donors (Lipinski definition) is 1. The maximum atomic E-state index is 12.2. The first kappa shape index (κ1) is 16.2. The first-order valence-corrected chi connectivity index (χ1v) is 7.55. The number of carbonyl (C=O) groups is 1. The molecule has 1 amide bonds. The van der Waals surface area contributed by atoms with Crippen LogP contribution in [0.5, 0.6) is 0 Å². The summed E-state index contributed by atoms with van der Waals surface area (Å²) >= 11 is 0. The molecule has 0 aromatic heterocycles. The van der Waals surface area contributed by atoms with Crippen LogP contribution in [0.1, 0.15) is 22.3 Å². The van der Waals surface area contributed by atoms with Gasteiger partial charge in [0.25, 0.3) is 0 Å². The quantitative estimate of drug-likeness (QED) is 0.913. The average Bonchev–Trinajstić information content (AvgIpc) is 2.39. The number of benzene rings is 2. The molecule has 0 saturated heterocycles. The Morgan fingerprint density at radius 3 is 2.32 bits per heavy atom. The summed E-state index contributed by atoms with van der Waals surface area (Å²) in [5.74, 6) is 0.0149. The molecule has 0 unspecified atom stereocenters. The molecule has 3 nitrogen and oxygen atoms in total. The lowest BCUT2D eigenvalue weighted by atomic mass is 10.1. The van der Waals surface area contributed by atoms with Gasteiger partial charge >= 0.3 is 0 Å². The fraction of sp³-hybridized carbons (Fsp3) is 0.316. The molecular formula is C19H24N2O. The summed E-state index contributed by atoms with van der Waals surface area (Å²) in [6.07, 6.45) is 0. The van der Waals surface area contributed by atoms with E-state index in [2.05, 4.69) is 30.4 Å². The summed E-state index contributed by atoms with van der Waals surface area (Å²) in [4.78, 5) is 14.2. The molecule has 2 aromatic rings. The van der Waals surface area contributed by atoms with Crippen LogP contribution >= 0.6 is 0 Å². The van der Waals surface area contributed by atoms with Crippen LogP contribution in [-0.4, -0.2) is 24.4 Å². The number of rotatable bonds is 5. The zero-order chi connectivity index (χ0) is 16.1. The predicted molar refractivity (Wildman–Crippen MR) is 92.1 cm³/mol. The molecule has 0 saturated carbocycles. The summed E-state index contributed by atoms with van der Waals surface area (Å²) in [5.41, 5.74) is 5.69. The second-order valence-corrected chi connectivity index (χ2v) is 6.02. The van der Waals surface area contributed by atoms with Gasteiger partial charge in [-0.15, -0.1) is 0 Å². The van der Waals surface area contributed by atoms with Crippen LogP contribution in [0.4, 0.5) is 5.69 Å². The van der Waals surface area contributed by atoms with Gasteiger partial charge < -0.3 is 5.32 Å². The minimum absolute atomic E-state index is 0.0149. The fourth-order valence-corrected chi connectivity index (χ4v) is 2.63. The Morgan fingerprint density at radius 1 is 1.05 bits per heavy atom. The van der Waals surface area contributed by atoms with Crippen LogP contribution in [0.25, 0.3) is 0 Å². The van der Waals surface area contributed by atoms with E-state index in [1.165, 1.54) is 11.1 Å². The maximum absolute atomic E-state index is 12.2. The highest BCUT2D eigenvalue weighted by atomic mass is 16.2. The van der Waals surface area contributed by atoms with Crippen molar-refractivity contribution in [1.82, 2.24) is 4.90 Å². The van der Waals surface area contributed by atoms with Crippen LogP contribution in [0, 0.1) is 20.8 Å². The topological polar surface area (TPSA) is 32.3 Å². The summed E-state index contributed by atoms with van der Waals surface area (Å²) in [7, 11) is 1.97. The highest BCUT2D eigenvalue weighted by Crippen LogP contribution is 2.14. The van der Waals surface area contributed by atoms with Gasteiger partial charge in [-0.1, -0.05) is 30.3 Å². The van der Waals surface area contributed by atoms with Crippen molar-refractivity contribution in [3.8, 4) is 0 Å². The minimum Gasteiger partial charge on any atom is -0.325 e. The SMILES string of the molecule is Cc1cc(C)cc(NC(=O)CN(C)Cc2ccccc2C)c1. The van der Waals surface area contributed by atoms with E-state index >= 15 is 0 Å². The van der Waals surface area contributed by atoms with Gasteiger partial charge in [-0.2, -0.15) is 0 Å². The lowest BCUT2D eigenvalue weighted by molar-refractivity contribution is -0.117. The van der Waals surface area contributed by atoms with Crippen LogP contribution in [0.15, 0.2) is 42.5 Å². The molecule has 0 heterocycles. The third-order valence-electron chi connectivity index (χ3n) is 3.62. The van der Waals surface area contributed by atoms with Crippen molar-refractivity contribution in [2.75, 3.05) is 18.9 Å². The molecule has 1 N–H and O–H groups in total. The average molecular weight is 296 g/mol. The standard InChI is InChI=1S/C19H24N2O/c1-14-9-15(2)11-18(10-14)20-19(22)13-21(4)12-17-8-6-5-7-16(17)3/h5-11H,12-13H2,1-4H3,(H,20,22). The van der Waals surface area contributed by atoms with Crippen LogP contribution in [0.3, 0.4) is 0 Å². The molecule has 0 bridgehead atoms. The fourth-order valence-electron chi connectivity index (χ4n) is 2.63. The van der Waals surface area contributed by atoms with E-state index in [1.54, 1.807) is 0 Å².